The van der Waals surface area contributed by atoms with Crippen molar-refractivity contribution >= 4 is 17.8 Å². The third-order valence-corrected chi connectivity index (χ3v) is 2.25. The zero-order valence-corrected chi connectivity index (χ0v) is 9.52. The van der Waals surface area contributed by atoms with Crippen LogP contribution in [0.3, 0.4) is 0 Å². The van der Waals surface area contributed by atoms with Crippen molar-refractivity contribution in [3.05, 3.63) is 0 Å². The highest BCUT2D eigenvalue weighted by Crippen LogP contribution is 1.99. The standard InChI is InChI=1S/C11H22ClN/c1-2-3-4-7-10-13-11-8-5-6-9-12/h11H,2-10H2,1H3. The van der Waals surface area contributed by atoms with Crippen molar-refractivity contribution in [2.75, 3.05) is 12.4 Å². The first kappa shape index (κ1) is 13.0. The number of unbranched alkanes of at least 4 members (excludes halogenated alkanes) is 5. The summed E-state index contributed by atoms with van der Waals surface area (Å²) < 4.78 is 0. The lowest BCUT2D eigenvalue weighted by Crippen LogP contribution is -1.84. The summed E-state index contributed by atoms with van der Waals surface area (Å²) in [6, 6.07) is 0. The number of hydrogen-bond donors (Lipinski definition) is 0. The summed E-state index contributed by atoms with van der Waals surface area (Å²) in [6.45, 7) is 3.25. The largest absolute Gasteiger partial charge is 0.298 e. The average molecular weight is 204 g/mol. The Bertz CT molecular complexity index is 113. The van der Waals surface area contributed by atoms with Crippen LogP contribution in [0.4, 0.5) is 0 Å². The van der Waals surface area contributed by atoms with Crippen LogP contribution in [0, 0.1) is 0 Å². The van der Waals surface area contributed by atoms with E-state index < -0.39 is 0 Å². The Morgan fingerprint density at radius 2 is 1.92 bits per heavy atom. The van der Waals surface area contributed by atoms with Crippen LogP contribution in [0.2, 0.25) is 0 Å². The fourth-order valence-corrected chi connectivity index (χ4v) is 1.33. The van der Waals surface area contributed by atoms with Gasteiger partial charge in [-0.05, 0) is 31.9 Å². The van der Waals surface area contributed by atoms with Gasteiger partial charge in [0.15, 0.2) is 0 Å². The van der Waals surface area contributed by atoms with Crippen LogP contribution >= 0.6 is 11.6 Å². The normalized spacial score (nSPS) is 11.2. The van der Waals surface area contributed by atoms with Gasteiger partial charge in [-0.15, -0.1) is 11.6 Å². The molecule has 0 heterocycles. The molecule has 0 aromatic rings. The molecule has 78 valence electrons. The predicted molar refractivity (Wildman–Crippen MR) is 62.1 cm³/mol. The SMILES string of the molecule is CCCCCCN=CCCCCCl. The first-order valence-electron chi connectivity index (χ1n) is 5.46. The molecule has 2 heteroatoms. The van der Waals surface area contributed by atoms with E-state index in [1.165, 1.54) is 32.1 Å². The Morgan fingerprint density at radius 1 is 1.08 bits per heavy atom. The molecular weight excluding hydrogens is 182 g/mol. The molecule has 0 radical (unpaired) electrons. The number of aliphatic imine (C=N–C) groups is 1. The zero-order chi connectivity index (χ0) is 9.78. The molecule has 0 atom stereocenters. The molecule has 0 aliphatic carbocycles. The average Bonchev–Trinajstić information content (AvgIpc) is 2.16. The van der Waals surface area contributed by atoms with Gasteiger partial charge in [-0.25, -0.2) is 0 Å². The van der Waals surface area contributed by atoms with E-state index in [9.17, 15) is 0 Å². The Labute approximate surface area is 87.6 Å². The topological polar surface area (TPSA) is 12.4 Å². The first-order chi connectivity index (χ1) is 6.41. The van der Waals surface area contributed by atoms with E-state index in [-0.39, 0.29) is 0 Å². The van der Waals surface area contributed by atoms with Crippen LogP contribution in [-0.2, 0) is 0 Å². The molecule has 13 heavy (non-hydrogen) atoms. The predicted octanol–water partition coefficient (Wildman–Crippen LogP) is 4.05. The van der Waals surface area contributed by atoms with Crippen molar-refractivity contribution in [3.8, 4) is 0 Å². The van der Waals surface area contributed by atoms with E-state index in [1.54, 1.807) is 0 Å². The summed E-state index contributed by atoms with van der Waals surface area (Å²) >= 11 is 5.55. The maximum absolute atomic E-state index is 5.55. The van der Waals surface area contributed by atoms with E-state index in [0.29, 0.717) is 0 Å². The van der Waals surface area contributed by atoms with E-state index in [2.05, 4.69) is 18.1 Å². The number of nitrogens with zero attached hydrogens (tertiary/aromatic N) is 1. The molecule has 0 spiro atoms. The highest BCUT2D eigenvalue weighted by molar-refractivity contribution is 6.17. The first-order valence-corrected chi connectivity index (χ1v) is 5.99. The van der Waals surface area contributed by atoms with E-state index >= 15 is 0 Å². The Morgan fingerprint density at radius 3 is 2.62 bits per heavy atom. The molecule has 1 nitrogen and oxygen atoms in total. The van der Waals surface area contributed by atoms with Gasteiger partial charge in [0.05, 0.1) is 0 Å². The molecule has 0 fully saturated rings. The minimum Gasteiger partial charge on any atom is -0.298 e. The second-order valence-corrected chi connectivity index (χ2v) is 3.71. The fourth-order valence-electron chi connectivity index (χ4n) is 1.14. The van der Waals surface area contributed by atoms with E-state index in [1.807, 2.05) is 0 Å². The Hall–Kier alpha value is -0.0400. The van der Waals surface area contributed by atoms with Crippen molar-refractivity contribution in [3.63, 3.8) is 0 Å². The molecule has 0 saturated heterocycles. The molecule has 0 N–H and O–H groups in total. The highest BCUT2D eigenvalue weighted by Gasteiger charge is 1.85. The van der Waals surface area contributed by atoms with Gasteiger partial charge < -0.3 is 0 Å². The second-order valence-electron chi connectivity index (χ2n) is 3.33. The van der Waals surface area contributed by atoms with Gasteiger partial charge in [0, 0.05) is 12.4 Å². The van der Waals surface area contributed by atoms with Crippen LogP contribution in [-0.4, -0.2) is 18.6 Å². The Kier molecular flexibility index (Phi) is 11.9. The van der Waals surface area contributed by atoms with Gasteiger partial charge >= 0.3 is 0 Å². The molecule has 0 amide bonds. The minimum absolute atomic E-state index is 0.782. The summed E-state index contributed by atoms with van der Waals surface area (Å²) in [4.78, 5) is 4.35. The minimum atomic E-state index is 0.782. The van der Waals surface area contributed by atoms with Crippen molar-refractivity contribution < 1.29 is 0 Å². The van der Waals surface area contributed by atoms with Crippen LogP contribution in [0.1, 0.15) is 51.9 Å². The lowest BCUT2D eigenvalue weighted by atomic mass is 10.2. The fraction of sp³-hybridized carbons (Fsp3) is 0.909. The van der Waals surface area contributed by atoms with Gasteiger partial charge in [-0.3, -0.25) is 4.99 Å². The summed E-state index contributed by atoms with van der Waals surface area (Å²) in [6.07, 6.45) is 10.7. The summed E-state index contributed by atoms with van der Waals surface area (Å²) in [7, 11) is 0. The van der Waals surface area contributed by atoms with Gasteiger partial charge in [-0.2, -0.15) is 0 Å². The third kappa shape index (κ3) is 12.0. The van der Waals surface area contributed by atoms with Crippen molar-refractivity contribution in [1.29, 1.82) is 0 Å². The lowest BCUT2D eigenvalue weighted by molar-refractivity contribution is 0.675. The van der Waals surface area contributed by atoms with Gasteiger partial charge in [0.25, 0.3) is 0 Å². The number of alkyl halides is 1. The molecule has 0 bridgehead atoms. The summed E-state index contributed by atoms with van der Waals surface area (Å²) in [5.74, 6) is 0.782. The summed E-state index contributed by atoms with van der Waals surface area (Å²) in [5, 5.41) is 0. The van der Waals surface area contributed by atoms with Crippen LogP contribution in [0.15, 0.2) is 4.99 Å². The van der Waals surface area contributed by atoms with Gasteiger partial charge in [0.2, 0.25) is 0 Å². The van der Waals surface area contributed by atoms with E-state index in [4.69, 9.17) is 11.6 Å². The molecule has 0 aromatic heterocycles. The molecule has 0 aliphatic rings. The van der Waals surface area contributed by atoms with Crippen LogP contribution in [0.5, 0.6) is 0 Å². The van der Waals surface area contributed by atoms with E-state index in [0.717, 1.165) is 25.3 Å². The molecule has 0 aliphatic heterocycles. The highest BCUT2D eigenvalue weighted by atomic mass is 35.5. The molecule has 0 unspecified atom stereocenters. The third-order valence-electron chi connectivity index (χ3n) is 1.99. The van der Waals surface area contributed by atoms with Crippen molar-refractivity contribution in [1.82, 2.24) is 0 Å². The smallest absolute Gasteiger partial charge is 0.0385 e. The zero-order valence-electron chi connectivity index (χ0n) is 8.77. The molecule has 0 rings (SSSR count). The molecule has 0 saturated carbocycles. The van der Waals surface area contributed by atoms with Gasteiger partial charge in [-0.1, -0.05) is 26.2 Å². The monoisotopic (exact) mass is 203 g/mol. The maximum Gasteiger partial charge on any atom is 0.0385 e. The molecular formula is C11H22ClN. The quantitative estimate of drug-likeness (QED) is 0.305. The van der Waals surface area contributed by atoms with Crippen molar-refractivity contribution in [2.24, 2.45) is 4.99 Å². The number of hydrogen-bond acceptors (Lipinski definition) is 1. The lowest BCUT2D eigenvalue weighted by Gasteiger charge is -1.94. The van der Waals surface area contributed by atoms with Crippen LogP contribution in [0.25, 0.3) is 0 Å². The summed E-state index contributed by atoms with van der Waals surface area (Å²) in [5.41, 5.74) is 0. The maximum atomic E-state index is 5.55. The number of halogens is 1. The van der Waals surface area contributed by atoms with Crippen molar-refractivity contribution in [2.45, 2.75) is 51.9 Å². The molecule has 0 aromatic carbocycles. The van der Waals surface area contributed by atoms with Gasteiger partial charge in [0.1, 0.15) is 0 Å². The van der Waals surface area contributed by atoms with Crippen LogP contribution < -0.4 is 0 Å². The number of rotatable bonds is 9. The Balaban J connectivity index is 2.95. The second kappa shape index (κ2) is 12.0.